The number of carbonyl (C=O) groups excluding carboxylic acids is 1. The number of pyridine rings is 2. The summed E-state index contributed by atoms with van der Waals surface area (Å²) in [6.45, 7) is 0.612. The van der Waals surface area contributed by atoms with Gasteiger partial charge in [-0.15, -0.1) is 0 Å². The highest BCUT2D eigenvalue weighted by Crippen LogP contribution is 2.50. The molecule has 3 aliphatic rings. The summed E-state index contributed by atoms with van der Waals surface area (Å²) in [5, 5.41) is 11.3. The van der Waals surface area contributed by atoms with Crippen LogP contribution in [0.5, 0.6) is 11.5 Å². The average molecular weight is 420 g/mol. The zero-order chi connectivity index (χ0) is 21.3. The monoisotopic (exact) mass is 420 g/mol. The molecule has 8 heteroatoms. The normalized spacial score (nSPS) is 17.0. The highest BCUT2D eigenvalue weighted by Gasteiger charge is 2.35. The van der Waals surface area contributed by atoms with Gasteiger partial charge in [-0.25, -0.2) is 4.98 Å². The fourth-order valence-corrected chi connectivity index (χ4v) is 4.77. The number of nitrogens with zero attached hydrogens (tertiary/aromatic N) is 2. The number of fused-ring (bicyclic) bond motifs is 5. The molecule has 31 heavy (non-hydrogen) atoms. The summed E-state index contributed by atoms with van der Waals surface area (Å²) in [6.07, 6.45) is 1.21. The minimum Gasteiger partial charge on any atom is -0.454 e. The maximum Gasteiger partial charge on any atom is 0.257 e. The first kappa shape index (κ1) is 18.5. The molecule has 1 unspecified atom stereocenters. The first-order chi connectivity index (χ1) is 15.1. The van der Waals surface area contributed by atoms with Crippen molar-refractivity contribution in [1.29, 1.82) is 0 Å². The number of benzene rings is 1. The van der Waals surface area contributed by atoms with Gasteiger partial charge >= 0.3 is 0 Å². The van der Waals surface area contributed by atoms with Crippen LogP contribution in [-0.2, 0) is 22.7 Å². The van der Waals surface area contributed by atoms with Crippen molar-refractivity contribution in [1.82, 2.24) is 9.55 Å². The minimum absolute atomic E-state index is 0.0158. The van der Waals surface area contributed by atoms with Gasteiger partial charge in [0.25, 0.3) is 5.56 Å². The van der Waals surface area contributed by atoms with E-state index in [0.29, 0.717) is 41.6 Å². The van der Waals surface area contributed by atoms with Crippen LogP contribution < -0.4 is 15.0 Å². The third kappa shape index (κ3) is 2.65. The molecular formula is C23H20N2O6. The van der Waals surface area contributed by atoms with E-state index in [1.54, 1.807) is 10.6 Å². The van der Waals surface area contributed by atoms with Gasteiger partial charge in [0.05, 0.1) is 30.1 Å². The highest BCUT2D eigenvalue weighted by molar-refractivity contribution is 5.91. The zero-order valence-electron chi connectivity index (χ0n) is 16.9. The molecule has 8 nitrogen and oxygen atoms in total. The first-order valence-electron chi connectivity index (χ1n) is 10.3. The van der Waals surface area contributed by atoms with Gasteiger partial charge in [-0.05, 0) is 36.5 Å². The van der Waals surface area contributed by atoms with E-state index in [4.69, 9.17) is 19.2 Å². The Morgan fingerprint density at radius 3 is 2.77 bits per heavy atom. The molecule has 0 bridgehead atoms. The van der Waals surface area contributed by atoms with Crippen LogP contribution in [0, 0.1) is 0 Å². The van der Waals surface area contributed by atoms with Crippen molar-refractivity contribution < 1.29 is 24.1 Å². The number of aromatic nitrogens is 2. The topological polar surface area (TPSA) is 99.9 Å². The van der Waals surface area contributed by atoms with Crippen LogP contribution in [0.2, 0.25) is 0 Å². The van der Waals surface area contributed by atoms with E-state index in [2.05, 4.69) is 0 Å². The summed E-state index contributed by atoms with van der Waals surface area (Å²) in [6, 6.07) is 5.57. The average Bonchev–Trinajstić information content (AvgIpc) is 3.39. The lowest BCUT2D eigenvalue weighted by molar-refractivity contribution is -0.115. The quantitative estimate of drug-likeness (QED) is 0.495. The van der Waals surface area contributed by atoms with E-state index < -0.39 is 6.10 Å². The van der Waals surface area contributed by atoms with Crippen LogP contribution in [0.1, 0.15) is 47.1 Å². The molecule has 2 aliphatic heterocycles. The number of hydrogen-bond acceptors (Lipinski definition) is 7. The fraction of sp³-hybridized carbons (Fsp3) is 0.348. The van der Waals surface area contributed by atoms with E-state index >= 15 is 0 Å². The predicted octanol–water partition coefficient (Wildman–Crippen LogP) is 2.41. The summed E-state index contributed by atoms with van der Waals surface area (Å²) in [5.74, 6) is 1.79. The summed E-state index contributed by atoms with van der Waals surface area (Å²) >= 11 is 0. The molecular weight excluding hydrogens is 400 g/mol. The van der Waals surface area contributed by atoms with Crippen LogP contribution in [-0.4, -0.2) is 34.8 Å². The van der Waals surface area contributed by atoms with Crippen molar-refractivity contribution in [3.05, 3.63) is 50.8 Å². The minimum atomic E-state index is -1.40. The van der Waals surface area contributed by atoms with Gasteiger partial charge in [-0.1, -0.05) is 0 Å². The van der Waals surface area contributed by atoms with E-state index in [0.717, 1.165) is 29.3 Å². The number of hydrogen-bond donors (Lipinski definition) is 1. The Labute approximate surface area is 177 Å². The molecule has 158 valence electrons. The van der Waals surface area contributed by atoms with E-state index in [1.807, 2.05) is 12.1 Å². The van der Waals surface area contributed by atoms with Crippen molar-refractivity contribution >= 4 is 17.2 Å². The molecule has 4 heterocycles. The maximum atomic E-state index is 13.3. The Bertz CT molecular complexity index is 1320. The highest BCUT2D eigenvalue weighted by atomic mass is 16.7. The van der Waals surface area contributed by atoms with E-state index in [1.165, 1.54) is 12.7 Å². The molecule has 0 saturated heterocycles. The molecule has 1 aromatic carbocycles. The van der Waals surface area contributed by atoms with Crippen LogP contribution in [0.3, 0.4) is 0 Å². The molecule has 0 amide bonds. The van der Waals surface area contributed by atoms with E-state index in [-0.39, 0.29) is 30.1 Å². The number of methoxy groups -OCH3 is 1. The van der Waals surface area contributed by atoms with Gasteiger partial charge in [0, 0.05) is 35.3 Å². The van der Waals surface area contributed by atoms with E-state index in [9.17, 15) is 14.7 Å². The van der Waals surface area contributed by atoms with Crippen molar-refractivity contribution in [3.8, 4) is 22.9 Å². The second kappa shape index (κ2) is 6.63. The maximum absolute atomic E-state index is 13.3. The van der Waals surface area contributed by atoms with Gasteiger partial charge in [0.15, 0.2) is 17.8 Å². The van der Waals surface area contributed by atoms with Crippen molar-refractivity contribution in [2.45, 2.75) is 38.0 Å². The number of aliphatic hydroxyl groups excluding tert-OH is 1. The van der Waals surface area contributed by atoms with Gasteiger partial charge in [0.2, 0.25) is 6.79 Å². The molecule has 0 radical (unpaired) electrons. The molecule has 1 saturated carbocycles. The van der Waals surface area contributed by atoms with Crippen LogP contribution in [0.25, 0.3) is 22.3 Å². The lowest BCUT2D eigenvalue weighted by Crippen LogP contribution is -2.26. The molecule has 6 rings (SSSR count). The summed E-state index contributed by atoms with van der Waals surface area (Å²) < 4.78 is 18.0. The smallest absolute Gasteiger partial charge is 0.257 e. The van der Waals surface area contributed by atoms with Crippen molar-refractivity contribution in [2.24, 2.45) is 0 Å². The molecule has 0 spiro atoms. The first-order valence-corrected chi connectivity index (χ1v) is 10.3. The van der Waals surface area contributed by atoms with Crippen LogP contribution >= 0.6 is 0 Å². The lowest BCUT2D eigenvalue weighted by atomic mass is 9.96. The Morgan fingerprint density at radius 1 is 1.29 bits per heavy atom. The summed E-state index contributed by atoms with van der Waals surface area (Å²) in [7, 11) is 1.48. The SMILES string of the molecule is COCc1c(C(O)C=O)cc2n(c1=O)Cc1c-2nc2cc3c(cc2c1C1CC1)OCO3. The standard InChI is InChI=1S/C23H20N2O6/c1-29-9-15-12(18(27)8-26)4-17-22-14(7-25(17)23(15)28)21(11-2-3-11)13-5-19-20(31-10-30-19)6-16(13)24-22/h4-6,8,11,18,27H,2-3,7,9-10H2,1H3. The number of aldehydes is 1. The summed E-state index contributed by atoms with van der Waals surface area (Å²) in [5.41, 5.74) is 4.61. The molecule has 2 aromatic heterocycles. The number of rotatable bonds is 5. The molecule has 1 fully saturated rings. The second-order valence-corrected chi connectivity index (χ2v) is 8.22. The fourth-order valence-electron chi connectivity index (χ4n) is 4.77. The number of aliphatic hydroxyl groups is 1. The molecule has 3 aromatic rings. The largest absolute Gasteiger partial charge is 0.454 e. The summed E-state index contributed by atoms with van der Waals surface area (Å²) in [4.78, 5) is 29.5. The van der Waals surface area contributed by atoms with Crippen LogP contribution in [0.4, 0.5) is 0 Å². The van der Waals surface area contributed by atoms with Gasteiger partial charge < -0.3 is 28.7 Å². The molecule has 1 N–H and O–H groups in total. The van der Waals surface area contributed by atoms with Crippen molar-refractivity contribution in [3.63, 3.8) is 0 Å². The lowest BCUT2D eigenvalue weighted by Gasteiger charge is -2.14. The molecule has 1 aliphatic carbocycles. The van der Waals surface area contributed by atoms with Crippen molar-refractivity contribution in [2.75, 3.05) is 13.9 Å². The van der Waals surface area contributed by atoms with Gasteiger partial charge in [-0.2, -0.15) is 0 Å². The molecule has 1 atom stereocenters. The van der Waals surface area contributed by atoms with Gasteiger partial charge in [-0.3, -0.25) is 4.79 Å². The Hall–Kier alpha value is -3.23. The number of ether oxygens (including phenoxy) is 3. The Balaban J connectivity index is 1.64. The Kier molecular flexibility index (Phi) is 3.97. The van der Waals surface area contributed by atoms with Gasteiger partial charge in [0.1, 0.15) is 6.10 Å². The predicted molar refractivity (Wildman–Crippen MR) is 110 cm³/mol. The second-order valence-electron chi connectivity index (χ2n) is 8.22. The zero-order valence-corrected chi connectivity index (χ0v) is 16.9. The van der Waals surface area contributed by atoms with Crippen LogP contribution in [0.15, 0.2) is 23.0 Å². The third-order valence-corrected chi connectivity index (χ3v) is 6.34. The number of carbonyl (C=O) groups is 1. The third-order valence-electron chi connectivity index (χ3n) is 6.34. The Morgan fingerprint density at radius 2 is 2.06 bits per heavy atom.